The van der Waals surface area contributed by atoms with E-state index < -0.39 is 23.7 Å². The Morgan fingerprint density at radius 1 is 1.38 bits per heavy atom. The lowest BCUT2D eigenvalue weighted by molar-refractivity contribution is -0.152. The number of rotatable bonds is 5. The molecule has 0 aliphatic heterocycles. The summed E-state index contributed by atoms with van der Waals surface area (Å²) < 4.78 is 28.7. The molecule has 1 saturated carbocycles. The van der Waals surface area contributed by atoms with Crippen LogP contribution in [0.3, 0.4) is 0 Å². The molecule has 116 valence electrons. The van der Waals surface area contributed by atoms with Gasteiger partial charge in [0.15, 0.2) is 0 Å². The molecular weight excluding hydrogens is 274 g/mol. The maximum Gasteiger partial charge on any atom is 0.306 e. The van der Waals surface area contributed by atoms with Gasteiger partial charge in [-0.2, -0.15) is 0 Å². The lowest BCUT2D eigenvalue weighted by atomic mass is 9.69. The minimum absolute atomic E-state index is 0.0713. The third-order valence-corrected chi connectivity index (χ3v) is 4.57. The van der Waals surface area contributed by atoms with E-state index in [1.165, 1.54) is 0 Å². The Labute approximate surface area is 124 Å². The molecule has 3 unspecified atom stereocenters. The molecule has 2 nitrogen and oxygen atoms in total. The van der Waals surface area contributed by atoms with Crippen LogP contribution in [0.2, 0.25) is 0 Å². The van der Waals surface area contributed by atoms with Gasteiger partial charge in [-0.25, -0.2) is 8.78 Å². The zero-order valence-corrected chi connectivity index (χ0v) is 12.3. The van der Waals surface area contributed by atoms with Gasteiger partial charge in [-0.1, -0.05) is 43.7 Å². The summed E-state index contributed by atoms with van der Waals surface area (Å²) in [6.07, 6.45) is 1.30. The van der Waals surface area contributed by atoms with Gasteiger partial charge in [0, 0.05) is 12.3 Å². The molecule has 0 aromatic heterocycles. The van der Waals surface area contributed by atoms with Gasteiger partial charge in [-0.05, 0) is 30.7 Å². The zero-order valence-electron chi connectivity index (χ0n) is 12.3. The van der Waals surface area contributed by atoms with Crippen molar-refractivity contribution in [1.29, 1.82) is 0 Å². The van der Waals surface area contributed by atoms with Crippen LogP contribution >= 0.6 is 0 Å². The van der Waals surface area contributed by atoms with Crippen molar-refractivity contribution in [2.24, 2.45) is 11.8 Å². The highest BCUT2D eigenvalue weighted by Gasteiger charge is 2.49. The molecule has 1 aliphatic carbocycles. The Kier molecular flexibility index (Phi) is 4.96. The van der Waals surface area contributed by atoms with E-state index in [0.717, 1.165) is 12.0 Å². The highest BCUT2D eigenvalue weighted by atomic mass is 19.3. The van der Waals surface area contributed by atoms with Gasteiger partial charge in [-0.3, -0.25) is 4.79 Å². The molecule has 0 saturated heterocycles. The van der Waals surface area contributed by atoms with Crippen molar-refractivity contribution >= 4 is 5.97 Å². The van der Waals surface area contributed by atoms with Crippen molar-refractivity contribution in [3.63, 3.8) is 0 Å². The molecule has 2 rings (SSSR count). The molecule has 1 aromatic carbocycles. The summed E-state index contributed by atoms with van der Waals surface area (Å²) in [5.74, 6) is -5.51. The van der Waals surface area contributed by atoms with E-state index in [9.17, 15) is 13.6 Å². The Morgan fingerprint density at radius 2 is 2.05 bits per heavy atom. The third-order valence-electron chi connectivity index (χ3n) is 4.57. The quantitative estimate of drug-likeness (QED) is 0.854. The molecule has 0 bridgehead atoms. The smallest absolute Gasteiger partial charge is 0.306 e. The van der Waals surface area contributed by atoms with Crippen molar-refractivity contribution < 1.29 is 18.7 Å². The van der Waals surface area contributed by atoms with Crippen molar-refractivity contribution in [3.8, 4) is 0 Å². The van der Waals surface area contributed by atoms with Crippen molar-refractivity contribution in [1.82, 2.24) is 0 Å². The van der Waals surface area contributed by atoms with Crippen molar-refractivity contribution in [2.75, 3.05) is 0 Å². The second kappa shape index (κ2) is 6.54. The fourth-order valence-electron chi connectivity index (χ4n) is 3.44. The SMILES string of the molecule is CCCC(c1ccccc1)C1CC(C(=O)O)CCC1(F)F. The van der Waals surface area contributed by atoms with E-state index in [1.807, 2.05) is 37.3 Å². The topological polar surface area (TPSA) is 37.3 Å². The monoisotopic (exact) mass is 296 g/mol. The standard InChI is InChI=1S/C17H22F2O2/c1-2-6-14(12-7-4-3-5-8-12)15-11-13(16(20)21)9-10-17(15,18)19/h3-5,7-8,13-15H,2,6,9-11H2,1H3,(H,20,21). The van der Waals surface area contributed by atoms with E-state index in [-0.39, 0.29) is 25.2 Å². The van der Waals surface area contributed by atoms with Crippen LogP contribution in [0.25, 0.3) is 0 Å². The second-order valence-electron chi connectivity index (χ2n) is 5.98. The summed E-state index contributed by atoms with van der Waals surface area (Å²) in [7, 11) is 0. The molecule has 0 heterocycles. The van der Waals surface area contributed by atoms with Gasteiger partial charge in [0.2, 0.25) is 0 Å². The molecule has 1 aromatic rings. The fraction of sp³-hybridized carbons (Fsp3) is 0.588. The molecule has 0 amide bonds. The lowest BCUT2D eigenvalue weighted by Crippen LogP contribution is -2.41. The first-order valence-corrected chi connectivity index (χ1v) is 7.61. The van der Waals surface area contributed by atoms with Gasteiger partial charge in [0.1, 0.15) is 0 Å². The molecule has 21 heavy (non-hydrogen) atoms. The average Bonchev–Trinajstić information content (AvgIpc) is 2.45. The number of carboxylic acid groups (broad SMARTS) is 1. The van der Waals surface area contributed by atoms with E-state index in [4.69, 9.17) is 5.11 Å². The van der Waals surface area contributed by atoms with Gasteiger partial charge >= 0.3 is 5.97 Å². The predicted octanol–water partition coefficient (Wildman–Crippen LogP) is 4.71. The van der Waals surface area contributed by atoms with E-state index in [2.05, 4.69) is 0 Å². The summed E-state index contributed by atoms with van der Waals surface area (Å²) in [5, 5.41) is 9.16. The third kappa shape index (κ3) is 3.60. The molecule has 1 N–H and O–H groups in total. The highest BCUT2D eigenvalue weighted by Crippen LogP contribution is 2.49. The van der Waals surface area contributed by atoms with Crippen LogP contribution in [-0.2, 0) is 4.79 Å². The first-order chi connectivity index (χ1) is 9.95. The maximum atomic E-state index is 14.4. The van der Waals surface area contributed by atoms with Crippen molar-refractivity contribution in [3.05, 3.63) is 35.9 Å². The number of hydrogen-bond acceptors (Lipinski definition) is 1. The van der Waals surface area contributed by atoms with Crippen LogP contribution < -0.4 is 0 Å². The number of hydrogen-bond donors (Lipinski definition) is 1. The van der Waals surface area contributed by atoms with Gasteiger partial charge in [-0.15, -0.1) is 0 Å². The molecule has 0 spiro atoms. The van der Waals surface area contributed by atoms with Crippen LogP contribution in [0.5, 0.6) is 0 Å². The van der Waals surface area contributed by atoms with Crippen LogP contribution in [0.4, 0.5) is 8.78 Å². The zero-order chi connectivity index (χ0) is 15.5. The summed E-state index contributed by atoms with van der Waals surface area (Å²) in [6, 6.07) is 9.33. The summed E-state index contributed by atoms with van der Waals surface area (Å²) in [6.45, 7) is 1.98. The summed E-state index contributed by atoms with van der Waals surface area (Å²) >= 11 is 0. The van der Waals surface area contributed by atoms with Crippen LogP contribution in [0, 0.1) is 11.8 Å². The minimum Gasteiger partial charge on any atom is -0.481 e. The molecule has 1 aliphatic rings. The minimum atomic E-state index is -2.78. The molecular formula is C17H22F2O2. The molecule has 0 radical (unpaired) electrons. The Bertz CT molecular complexity index is 473. The Balaban J connectivity index is 2.29. The number of carboxylic acids is 1. The number of carbonyl (C=O) groups is 1. The average molecular weight is 296 g/mol. The Morgan fingerprint density at radius 3 is 2.62 bits per heavy atom. The van der Waals surface area contributed by atoms with Gasteiger partial charge < -0.3 is 5.11 Å². The first kappa shape index (κ1) is 15.9. The molecule has 4 heteroatoms. The van der Waals surface area contributed by atoms with Gasteiger partial charge in [0.25, 0.3) is 5.92 Å². The summed E-state index contributed by atoms with van der Waals surface area (Å²) in [5.41, 5.74) is 0.898. The number of benzene rings is 1. The number of halogens is 2. The maximum absolute atomic E-state index is 14.4. The first-order valence-electron chi connectivity index (χ1n) is 7.61. The number of aliphatic carboxylic acids is 1. The Hall–Kier alpha value is -1.45. The largest absolute Gasteiger partial charge is 0.481 e. The summed E-state index contributed by atoms with van der Waals surface area (Å²) in [4.78, 5) is 11.2. The van der Waals surface area contributed by atoms with E-state index in [0.29, 0.717) is 6.42 Å². The fourth-order valence-corrected chi connectivity index (χ4v) is 3.44. The van der Waals surface area contributed by atoms with Gasteiger partial charge in [0.05, 0.1) is 5.92 Å². The van der Waals surface area contributed by atoms with E-state index in [1.54, 1.807) is 0 Å². The van der Waals surface area contributed by atoms with Crippen LogP contribution in [0.1, 0.15) is 50.5 Å². The lowest BCUT2D eigenvalue weighted by Gasteiger charge is -2.39. The van der Waals surface area contributed by atoms with Crippen LogP contribution in [-0.4, -0.2) is 17.0 Å². The second-order valence-corrected chi connectivity index (χ2v) is 5.98. The normalized spacial score (nSPS) is 26.2. The van der Waals surface area contributed by atoms with Crippen molar-refractivity contribution in [2.45, 2.75) is 50.9 Å². The number of alkyl halides is 2. The predicted molar refractivity (Wildman–Crippen MR) is 77.5 cm³/mol. The van der Waals surface area contributed by atoms with E-state index >= 15 is 0 Å². The molecule has 1 fully saturated rings. The highest BCUT2D eigenvalue weighted by molar-refractivity contribution is 5.70. The van der Waals surface area contributed by atoms with Crippen LogP contribution in [0.15, 0.2) is 30.3 Å². The molecule has 3 atom stereocenters.